The summed E-state index contributed by atoms with van der Waals surface area (Å²) < 4.78 is 27.5. The molecule has 1 aliphatic rings. The van der Waals surface area contributed by atoms with Gasteiger partial charge >= 0.3 is 0 Å². The lowest BCUT2D eigenvalue weighted by atomic mass is 10.3. The van der Waals surface area contributed by atoms with E-state index in [1.807, 2.05) is 12.3 Å². The molecule has 0 aromatic carbocycles. The van der Waals surface area contributed by atoms with Gasteiger partial charge in [-0.25, -0.2) is 8.42 Å². The number of nitrogens with one attached hydrogen (secondary N) is 3. The van der Waals surface area contributed by atoms with Crippen LogP contribution in [0.2, 0.25) is 0 Å². The fraction of sp³-hybridized carbons (Fsp3) is 0.417. The Kier molecular flexibility index (Phi) is 3.53. The molecule has 1 fully saturated rings. The number of hydrogen-bond donors (Lipinski definition) is 3. The van der Waals surface area contributed by atoms with Gasteiger partial charge in [0.05, 0.1) is 11.9 Å². The van der Waals surface area contributed by atoms with Gasteiger partial charge in [0.15, 0.2) is 0 Å². The van der Waals surface area contributed by atoms with Crippen molar-refractivity contribution in [2.24, 2.45) is 0 Å². The van der Waals surface area contributed by atoms with Gasteiger partial charge in [0.25, 0.3) is 10.0 Å². The molecule has 0 saturated heterocycles. The monoisotopic (exact) mass is 312 g/mol. The standard InChI is InChI=1S/C12H16N4O2S2/c1-8-7-19-11(6-13-9-2-3-9)12(8)20(17,18)16-10-4-14-15-5-10/h4-5,7,9,13,16H,2-3,6H2,1H3,(H,14,15). The van der Waals surface area contributed by atoms with Crippen LogP contribution in [0, 0.1) is 6.92 Å². The van der Waals surface area contributed by atoms with Gasteiger partial charge < -0.3 is 5.32 Å². The highest BCUT2D eigenvalue weighted by Crippen LogP contribution is 2.29. The van der Waals surface area contributed by atoms with Gasteiger partial charge in [-0.05, 0) is 30.7 Å². The summed E-state index contributed by atoms with van der Waals surface area (Å²) in [5.74, 6) is 0. The van der Waals surface area contributed by atoms with Gasteiger partial charge in [0, 0.05) is 23.7 Å². The number of aryl methyl sites for hydroxylation is 1. The van der Waals surface area contributed by atoms with Gasteiger partial charge in [0.1, 0.15) is 4.90 Å². The van der Waals surface area contributed by atoms with Crippen LogP contribution < -0.4 is 10.0 Å². The number of nitrogens with zero attached hydrogens (tertiary/aromatic N) is 1. The highest BCUT2D eigenvalue weighted by atomic mass is 32.2. The van der Waals surface area contributed by atoms with Crippen LogP contribution in [0.15, 0.2) is 22.7 Å². The third kappa shape index (κ3) is 2.87. The average Bonchev–Trinajstić information content (AvgIpc) is 2.94. The van der Waals surface area contributed by atoms with E-state index >= 15 is 0 Å². The molecule has 3 rings (SSSR count). The van der Waals surface area contributed by atoms with Crippen molar-refractivity contribution in [2.75, 3.05) is 4.72 Å². The Bertz CT molecular complexity index is 687. The predicted octanol–water partition coefficient (Wildman–Crippen LogP) is 1.83. The van der Waals surface area contributed by atoms with Crippen molar-refractivity contribution in [1.29, 1.82) is 0 Å². The second-order valence-corrected chi connectivity index (χ2v) is 7.50. The molecule has 108 valence electrons. The molecule has 0 spiro atoms. The molecule has 3 N–H and O–H groups in total. The third-order valence-corrected chi connectivity index (χ3v) is 5.98. The Hall–Kier alpha value is -1.38. The van der Waals surface area contributed by atoms with Crippen LogP contribution in [-0.2, 0) is 16.6 Å². The van der Waals surface area contributed by atoms with Crippen molar-refractivity contribution >= 4 is 27.0 Å². The van der Waals surface area contributed by atoms with Gasteiger partial charge in [0.2, 0.25) is 0 Å². The molecule has 6 nitrogen and oxygen atoms in total. The summed E-state index contributed by atoms with van der Waals surface area (Å²) in [6, 6.07) is 0.551. The van der Waals surface area contributed by atoms with Gasteiger partial charge in [-0.1, -0.05) is 0 Å². The molecule has 1 aliphatic carbocycles. The Labute approximate surface area is 121 Å². The van der Waals surface area contributed by atoms with E-state index < -0.39 is 10.0 Å². The van der Waals surface area contributed by atoms with Crippen LogP contribution >= 0.6 is 11.3 Å². The molecule has 0 radical (unpaired) electrons. The van der Waals surface area contributed by atoms with Crippen LogP contribution in [0.25, 0.3) is 0 Å². The maximum absolute atomic E-state index is 12.5. The summed E-state index contributed by atoms with van der Waals surface area (Å²) >= 11 is 1.48. The summed E-state index contributed by atoms with van der Waals surface area (Å²) in [5, 5.41) is 11.6. The summed E-state index contributed by atoms with van der Waals surface area (Å²) in [5.41, 5.74) is 1.22. The highest BCUT2D eigenvalue weighted by Gasteiger charge is 2.26. The van der Waals surface area contributed by atoms with E-state index in [9.17, 15) is 8.42 Å². The number of rotatable bonds is 6. The topological polar surface area (TPSA) is 86.9 Å². The molecule has 0 unspecified atom stereocenters. The quantitative estimate of drug-likeness (QED) is 0.759. The molecule has 8 heteroatoms. The molecule has 1 saturated carbocycles. The summed E-state index contributed by atoms with van der Waals surface area (Å²) in [4.78, 5) is 1.24. The molecule has 20 heavy (non-hydrogen) atoms. The molecule has 2 heterocycles. The van der Waals surface area contributed by atoms with Gasteiger partial charge in [-0.15, -0.1) is 11.3 Å². The zero-order valence-electron chi connectivity index (χ0n) is 11.0. The van der Waals surface area contributed by atoms with Crippen LogP contribution in [0.5, 0.6) is 0 Å². The van der Waals surface area contributed by atoms with E-state index in [1.54, 1.807) is 0 Å². The molecule has 2 aromatic rings. The first-order chi connectivity index (χ1) is 9.56. The van der Waals surface area contributed by atoms with Crippen LogP contribution in [0.1, 0.15) is 23.3 Å². The number of sulfonamides is 1. The minimum atomic E-state index is -3.57. The first kappa shape index (κ1) is 13.6. The minimum Gasteiger partial charge on any atom is -0.309 e. The first-order valence-corrected chi connectivity index (χ1v) is 8.74. The number of anilines is 1. The van der Waals surface area contributed by atoms with Crippen LogP contribution in [0.3, 0.4) is 0 Å². The van der Waals surface area contributed by atoms with Gasteiger partial charge in [-0.3, -0.25) is 9.82 Å². The van der Waals surface area contributed by atoms with Crippen molar-refractivity contribution in [2.45, 2.75) is 37.2 Å². The SMILES string of the molecule is Cc1csc(CNC2CC2)c1S(=O)(=O)Nc1cn[nH]c1. The Morgan fingerprint density at radius 2 is 2.30 bits per heavy atom. The van der Waals surface area contributed by atoms with E-state index in [0.29, 0.717) is 23.2 Å². The fourth-order valence-electron chi connectivity index (χ4n) is 2.01. The number of H-pyrrole nitrogens is 1. The second-order valence-electron chi connectivity index (χ2n) is 4.92. The van der Waals surface area contributed by atoms with Crippen molar-refractivity contribution in [3.63, 3.8) is 0 Å². The smallest absolute Gasteiger partial charge is 0.263 e. The maximum Gasteiger partial charge on any atom is 0.263 e. The third-order valence-electron chi connectivity index (χ3n) is 3.14. The predicted molar refractivity (Wildman–Crippen MR) is 78.3 cm³/mol. The molecule has 2 aromatic heterocycles. The fourth-order valence-corrected chi connectivity index (χ4v) is 4.81. The van der Waals surface area contributed by atoms with E-state index in [-0.39, 0.29) is 0 Å². The molecule has 0 atom stereocenters. The molecule has 0 bridgehead atoms. The van der Waals surface area contributed by atoms with E-state index in [4.69, 9.17) is 0 Å². The molecular weight excluding hydrogens is 296 g/mol. The van der Waals surface area contributed by atoms with E-state index in [1.165, 1.54) is 36.6 Å². The first-order valence-electron chi connectivity index (χ1n) is 6.38. The lowest BCUT2D eigenvalue weighted by molar-refractivity contribution is 0.598. The van der Waals surface area contributed by atoms with Crippen LogP contribution in [0.4, 0.5) is 5.69 Å². The number of thiophene rings is 1. The lowest BCUT2D eigenvalue weighted by Gasteiger charge is -2.09. The Balaban J connectivity index is 1.85. The van der Waals surface area contributed by atoms with Crippen molar-refractivity contribution in [1.82, 2.24) is 15.5 Å². The molecular formula is C12H16N4O2S2. The normalized spacial score (nSPS) is 15.4. The Morgan fingerprint density at radius 3 is 2.95 bits per heavy atom. The largest absolute Gasteiger partial charge is 0.309 e. The maximum atomic E-state index is 12.5. The minimum absolute atomic E-state index is 0.386. The summed E-state index contributed by atoms with van der Waals surface area (Å²) in [6.45, 7) is 2.42. The summed E-state index contributed by atoms with van der Waals surface area (Å²) in [7, 11) is -3.57. The zero-order chi connectivity index (χ0) is 14.2. The zero-order valence-corrected chi connectivity index (χ0v) is 12.6. The summed E-state index contributed by atoms with van der Waals surface area (Å²) in [6.07, 6.45) is 5.32. The number of hydrogen-bond acceptors (Lipinski definition) is 5. The molecule has 0 amide bonds. The van der Waals surface area contributed by atoms with Gasteiger partial charge in [-0.2, -0.15) is 5.10 Å². The Morgan fingerprint density at radius 1 is 1.50 bits per heavy atom. The second kappa shape index (κ2) is 5.19. The average molecular weight is 312 g/mol. The number of aromatic nitrogens is 2. The van der Waals surface area contributed by atoms with Crippen molar-refractivity contribution < 1.29 is 8.42 Å². The van der Waals surface area contributed by atoms with Crippen molar-refractivity contribution in [3.8, 4) is 0 Å². The van der Waals surface area contributed by atoms with Crippen molar-refractivity contribution in [3.05, 3.63) is 28.2 Å². The van der Waals surface area contributed by atoms with E-state index in [0.717, 1.165) is 10.4 Å². The number of aromatic amines is 1. The van der Waals surface area contributed by atoms with Crippen LogP contribution in [-0.4, -0.2) is 24.7 Å². The highest BCUT2D eigenvalue weighted by molar-refractivity contribution is 7.93. The van der Waals surface area contributed by atoms with E-state index in [2.05, 4.69) is 20.2 Å². The molecule has 0 aliphatic heterocycles. The lowest BCUT2D eigenvalue weighted by Crippen LogP contribution is -2.19.